The molecule has 2 aromatic carbocycles. The predicted octanol–water partition coefficient (Wildman–Crippen LogP) is 3.89. The van der Waals surface area contributed by atoms with E-state index >= 15 is 0 Å². The molecule has 0 fully saturated rings. The smallest absolute Gasteiger partial charge is 0.166 e. The highest BCUT2D eigenvalue weighted by atomic mass is 19.1. The van der Waals surface area contributed by atoms with Crippen LogP contribution in [0.3, 0.4) is 0 Å². The number of carbonyl (C=O) groups is 1. The molecule has 0 N–H and O–H groups in total. The van der Waals surface area contributed by atoms with Crippen LogP contribution in [0, 0.1) is 17.1 Å². The molecule has 0 radical (unpaired) electrons. The quantitative estimate of drug-likeness (QED) is 0.791. The van der Waals surface area contributed by atoms with Gasteiger partial charge in [0.15, 0.2) is 5.78 Å². The minimum Gasteiger partial charge on any atom is -0.457 e. The van der Waals surface area contributed by atoms with Crippen LogP contribution in [0.5, 0.6) is 11.5 Å². The number of halogens is 1. The first-order valence-electron chi connectivity index (χ1n) is 6.05. The summed E-state index contributed by atoms with van der Waals surface area (Å²) in [7, 11) is 0. The maximum absolute atomic E-state index is 13.6. The molecule has 0 atom stereocenters. The summed E-state index contributed by atoms with van der Waals surface area (Å²) < 4.78 is 19.2. The second-order valence-corrected chi connectivity index (χ2v) is 4.25. The normalized spacial score (nSPS) is 9.85. The van der Waals surface area contributed by atoms with Gasteiger partial charge < -0.3 is 4.74 Å². The molecule has 3 nitrogen and oxygen atoms in total. The summed E-state index contributed by atoms with van der Waals surface area (Å²) in [4.78, 5) is 11.5. The summed E-state index contributed by atoms with van der Waals surface area (Å²) in [5.74, 6) is -0.319. The van der Waals surface area contributed by atoms with Crippen LogP contribution >= 0.6 is 0 Å². The molecule has 0 bridgehead atoms. The summed E-state index contributed by atoms with van der Waals surface area (Å²) >= 11 is 0. The van der Waals surface area contributed by atoms with Crippen molar-refractivity contribution in [3.05, 3.63) is 59.4 Å². The minimum absolute atomic E-state index is 0.0615. The van der Waals surface area contributed by atoms with Crippen molar-refractivity contribution < 1.29 is 13.9 Å². The van der Waals surface area contributed by atoms with Crippen molar-refractivity contribution in [2.45, 2.75) is 13.3 Å². The molecule has 0 saturated heterocycles. The third kappa shape index (κ3) is 3.01. The summed E-state index contributed by atoms with van der Waals surface area (Å²) in [6.07, 6.45) is 0.318. The molecule has 20 heavy (non-hydrogen) atoms. The van der Waals surface area contributed by atoms with E-state index in [9.17, 15) is 9.18 Å². The molecule has 100 valence electrons. The van der Waals surface area contributed by atoms with E-state index in [2.05, 4.69) is 0 Å². The Labute approximate surface area is 116 Å². The zero-order valence-corrected chi connectivity index (χ0v) is 10.9. The third-order valence-electron chi connectivity index (χ3n) is 2.76. The molecule has 0 aromatic heterocycles. The van der Waals surface area contributed by atoms with Crippen LogP contribution in [0.2, 0.25) is 0 Å². The topological polar surface area (TPSA) is 50.1 Å². The van der Waals surface area contributed by atoms with Crippen LogP contribution in [0.25, 0.3) is 0 Å². The fourth-order valence-corrected chi connectivity index (χ4v) is 1.82. The molecule has 2 rings (SSSR count). The predicted molar refractivity (Wildman–Crippen MR) is 72.2 cm³/mol. The zero-order chi connectivity index (χ0) is 14.5. The molecule has 2 aromatic rings. The van der Waals surface area contributed by atoms with Gasteiger partial charge in [-0.05, 0) is 36.8 Å². The van der Waals surface area contributed by atoms with Gasteiger partial charge >= 0.3 is 0 Å². The average Bonchev–Trinajstić information content (AvgIpc) is 2.41. The molecule has 0 saturated carbocycles. The van der Waals surface area contributed by atoms with Gasteiger partial charge in [-0.25, -0.2) is 4.39 Å². The second kappa shape index (κ2) is 5.98. The van der Waals surface area contributed by atoms with Crippen molar-refractivity contribution in [1.82, 2.24) is 0 Å². The highest BCUT2D eigenvalue weighted by Crippen LogP contribution is 2.27. The maximum Gasteiger partial charge on any atom is 0.166 e. The zero-order valence-electron chi connectivity index (χ0n) is 10.9. The number of benzene rings is 2. The standard InChI is InChI=1S/C16H12FNO2/c1-11(19)16-14(17)3-2-4-15(16)20-13-7-5-12(6-8-13)9-10-18/h2-8H,9H2,1H3. The lowest BCUT2D eigenvalue weighted by Crippen LogP contribution is -2.00. The van der Waals surface area contributed by atoms with Crippen LogP contribution < -0.4 is 4.74 Å². The molecule has 0 spiro atoms. The van der Waals surface area contributed by atoms with Crippen LogP contribution in [-0.4, -0.2) is 5.78 Å². The average molecular weight is 269 g/mol. The molecule has 0 unspecified atom stereocenters. The Bertz CT molecular complexity index is 672. The van der Waals surface area contributed by atoms with Gasteiger partial charge in [0.2, 0.25) is 0 Å². The van der Waals surface area contributed by atoms with Gasteiger partial charge in [0.25, 0.3) is 0 Å². The maximum atomic E-state index is 13.6. The first-order valence-corrected chi connectivity index (χ1v) is 6.05. The number of carbonyl (C=O) groups excluding carboxylic acids is 1. The molecule has 0 aliphatic heterocycles. The summed E-state index contributed by atoms with van der Waals surface area (Å²) in [5.41, 5.74) is 0.805. The molecule has 0 heterocycles. The van der Waals surface area contributed by atoms with Gasteiger partial charge in [-0.1, -0.05) is 18.2 Å². The van der Waals surface area contributed by atoms with Gasteiger partial charge in [0.1, 0.15) is 17.3 Å². The van der Waals surface area contributed by atoms with Gasteiger partial charge in [-0.15, -0.1) is 0 Å². The highest BCUT2D eigenvalue weighted by Gasteiger charge is 2.14. The van der Waals surface area contributed by atoms with E-state index in [4.69, 9.17) is 10.00 Å². The van der Waals surface area contributed by atoms with Crippen LogP contribution in [0.4, 0.5) is 4.39 Å². The van der Waals surface area contributed by atoms with Gasteiger partial charge in [-0.2, -0.15) is 5.26 Å². The Balaban J connectivity index is 2.28. The van der Waals surface area contributed by atoms with E-state index in [1.165, 1.54) is 19.1 Å². The van der Waals surface area contributed by atoms with Gasteiger partial charge in [-0.3, -0.25) is 4.79 Å². The van der Waals surface area contributed by atoms with Crippen molar-refractivity contribution in [2.75, 3.05) is 0 Å². The van der Waals surface area contributed by atoms with Gasteiger partial charge in [0.05, 0.1) is 18.1 Å². The first-order chi connectivity index (χ1) is 9.61. The molecular formula is C16H12FNO2. The van der Waals surface area contributed by atoms with Crippen LogP contribution in [0.15, 0.2) is 42.5 Å². The Morgan fingerprint density at radius 1 is 1.25 bits per heavy atom. The summed E-state index contributed by atoms with van der Waals surface area (Å²) in [5, 5.41) is 8.59. The van der Waals surface area contributed by atoms with E-state index in [0.29, 0.717) is 12.2 Å². The Morgan fingerprint density at radius 3 is 2.55 bits per heavy atom. The number of ether oxygens (including phenoxy) is 1. The van der Waals surface area contributed by atoms with Crippen molar-refractivity contribution in [2.24, 2.45) is 0 Å². The fraction of sp³-hybridized carbons (Fsp3) is 0.125. The lowest BCUT2D eigenvalue weighted by Gasteiger charge is -2.10. The Morgan fingerprint density at radius 2 is 1.95 bits per heavy atom. The van der Waals surface area contributed by atoms with Crippen molar-refractivity contribution in [3.8, 4) is 17.6 Å². The highest BCUT2D eigenvalue weighted by molar-refractivity contribution is 5.97. The molecule has 0 aliphatic carbocycles. The van der Waals surface area contributed by atoms with Crippen LogP contribution in [-0.2, 0) is 6.42 Å². The molecule has 0 aliphatic rings. The summed E-state index contributed by atoms with van der Waals surface area (Å²) in [6, 6.07) is 13.2. The Kier molecular flexibility index (Phi) is 4.11. The first kappa shape index (κ1) is 13.8. The molecular weight excluding hydrogens is 257 g/mol. The van der Waals surface area contributed by atoms with Crippen molar-refractivity contribution in [3.63, 3.8) is 0 Å². The van der Waals surface area contributed by atoms with E-state index in [-0.39, 0.29) is 17.1 Å². The van der Waals surface area contributed by atoms with Crippen molar-refractivity contribution >= 4 is 5.78 Å². The summed E-state index contributed by atoms with van der Waals surface area (Å²) in [6.45, 7) is 1.29. The van der Waals surface area contributed by atoms with Crippen molar-refractivity contribution in [1.29, 1.82) is 5.26 Å². The molecule has 0 amide bonds. The SMILES string of the molecule is CC(=O)c1c(F)cccc1Oc1ccc(CC#N)cc1. The number of rotatable bonds is 4. The lowest BCUT2D eigenvalue weighted by atomic mass is 10.1. The van der Waals surface area contributed by atoms with E-state index in [1.54, 1.807) is 30.3 Å². The monoisotopic (exact) mass is 269 g/mol. The largest absolute Gasteiger partial charge is 0.457 e. The molecule has 4 heteroatoms. The lowest BCUT2D eigenvalue weighted by molar-refractivity contribution is 0.101. The Hall–Kier alpha value is -2.67. The van der Waals surface area contributed by atoms with Gasteiger partial charge in [0, 0.05) is 0 Å². The minimum atomic E-state index is -0.601. The van der Waals surface area contributed by atoms with E-state index < -0.39 is 5.82 Å². The third-order valence-corrected chi connectivity index (χ3v) is 2.76. The number of Topliss-reactive ketones (excluding diaryl/α,β-unsaturated/α-hetero) is 1. The van der Waals surface area contributed by atoms with Crippen LogP contribution in [0.1, 0.15) is 22.8 Å². The number of nitriles is 1. The fourth-order valence-electron chi connectivity index (χ4n) is 1.82. The van der Waals surface area contributed by atoms with E-state index in [1.807, 2.05) is 6.07 Å². The number of ketones is 1. The van der Waals surface area contributed by atoms with E-state index in [0.717, 1.165) is 5.56 Å². The number of hydrogen-bond donors (Lipinski definition) is 0. The second-order valence-electron chi connectivity index (χ2n) is 4.25. The number of nitrogens with zero attached hydrogens (tertiary/aromatic N) is 1. The number of hydrogen-bond acceptors (Lipinski definition) is 3.